The van der Waals surface area contributed by atoms with Crippen LogP contribution in [-0.2, 0) is 0 Å². The monoisotopic (exact) mass is 448 g/mol. The second-order valence-corrected chi connectivity index (χ2v) is 8.56. The molecule has 0 saturated carbocycles. The van der Waals surface area contributed by atoms with E-state index in [1.807, 2.05) is 31.3 Å². The van der Waals surface area contributed by atoms with Gasteiger partial charge in [0, 0.05) is 38.1 Å². The summed E-state index contributed by atoms with van der Waals surface area (Å²) in [5.74, 6) is 1.25. The maximum atomic E-state index is 13.2. The van der Waals surface area contributed by atoms with E-state index in [1.54, 1.807) is 18.5 Å². The molecular formula is C23H21FN6OS. The Morgan fingerprint density at radius 2 is 1.75 bits per heavy atom. The topological polar surface area (TPSA) is 74.2 Å². The van der Waals surface area contributed by atoms with E-state index in [4.69, 9.17) is 0 Å². The fourth-order valence-corrected chi connectivity index (χ4v) is 4.96. The number of carbonyl (C=O) groups excluding carboxylic acids is 1. The fourth-order valence-electron chi connectivity index (χ4n) is 3.92. The number of piperazine rings is 1. The predicted octanol–water partition coefficient (Wildman–Crippen LogP) is 4.11. The molecule has 1 aliphatic heterocycles. The van der Waals surface area contributed by atoms with Crippen molar-refractivity contribution in [3.05, 3.63) is 71.2 Å². The number of amides is 1. The third-order valence-electron chi connectivity index (χ3n) is 5.57. The van der Waals surface area contributed by atoms with Gasteiger partial charge in [0.15, 0.2) is 0 Å². The normalized spacial score (nSPS) is 14.1. The number of aryl methyl sites for hydroxylation is 1. The number of aromatic nitrogens is 3. The highest BCUT2D eigenvalue weighted by molar-refractivity contribution is 7.20. The molecule has 0 unspecified atom stereocenters. The Bertz CT molecular complexity index is 1250. The molecule has 1 fully saturated rings. The van der Waals surface area contributed by atoms with Crippen LogP contribution < -0.4 is 15.1 Å². The SMILES string of the molecule is Cc1c(C(=O)Nc2ccc(F)cc2)sc2ncnc(N3CCN(c4ccccn4)CC3)c12. The number of nitrogens with one attached hydrogen (secondary N) is 1. The van der Waals surface area contributed by atoms with Crippen LogP contribution in [0.25, 0.3) is 10.2 Å². The van der Waals surface area contributed by atoms with E-state index < -0.39 is 0 Å². The summed E-state index contributed by atoms with van der Waals surface area (Å²) in [6.45, 7) is 5.20. The molecule has 0 radical (unpaired) electrons. The first-order chi connectivity index (χ1) is 15.6. The van der Waals surface area contributed by atoms with Gasteiger partial charge in [0.1, 0.15) is 28.6 Å². The second kappa shape index (κ2) is 8.51. The first kappa shape index (κ1) is 20.3. The van der Waals surface area contributed by atoms with Crippen LogP contribution in [0.4, 0.5) is 21.7 Å². The number of nitrogens with zero attached hydrogens (tertiary/aromatic N) is 5. The summed E-state index contributed by atoms with van der Waals surface area (Å²) in [4.78, 5) is 32.2. The van der Waals surface area contributed by atoms with Crippen LogP contribution in [0.5, 0.6) is 0 Å². The number of benzene rings is 1. The van der Waals surface area contributed by atoms with Crippen LogP contribution in [0.15, 0.2) is 55.0 Å². The minimum Gasteiger partial charge on any atom is -0.353 e. The van der Waals surface area contributed by atoms with Gasteiger partial charge in [0.2, 0.25) is 0 Å². The van der Waals surface area contributed by atoms with Gasteiger partial charge in [-0.05, 0) is 48.9 Å². The maximum absolute atomic E-state index is 13.2. The summed E-state index contributed by atoms with van der Waals surface area (Å²) < 4.78 is 13.2. The fraction of sp³-hybridized carbons (Fsp3) is 0.217. The number of carbonyl (C=O) groups is 1. The molecule has 0 bridgehead atoms. The van der Waals surface area contributed by atoms with Crippen LogP contribution in [0.1, 0.15) is 15.2 Å². The van der Waals surface area contributed by atoms with Crippen molar-refractivity contribution in [2.75, 3.05) is 41.3 Å². The molecule has 162 valence electrons. The van der Waals surface area contributed by atoms with E-state index in [0.29, 0.717) is 10.6 Å². The maximum Gasteiger partial charge on any atom is 0.266 e. The molecule has 7 nitrogen and oxygen atoms in total. The highest BCUT2D eigenvalue weighted by atomic mass is 32.1. The van der Waals surface area contributed by atoms with Crippen molar-refractivity contribution in [1.82, 2.24) is 15.0 Å². The Morgan fingerprint density at radius 3 is 2.47 bits per heavy atom. The van der Waals surface area contributed by atoms with Gasteiger partial charge in [0.05, 0.1) is 10.3 Å². The molecule has 0 aliphatic carbocycles. The highest BCUT2D eigenvalue weighted by Gasteiger charge is 2.25. The summed E-state index contributed by atoms with van der Waals surface area (Å²) in [6.07, 6.45) is 3.36. The summed E-state index contributed by atoms with van der Waals surface area (Å²) in [6, 6.07) is 11.7. The van der Waals surface area contributed by atoms with Gasteiger partial charge >= 0.3 is 0 Å². The number of rotatable bonds is 4. The zero-order valence-corrected chi connectivity index (χ0v) is 18.3. The molecule has 32 heavy (non-hydrogen) atoms. The third-order valence-corrected chi connectivity index (χ3v) is 6.77. The zero-order chi connectivity index (χ0) is 22.1. The number of pyridine rings is 1. The molecule has 1 amide bonds. The second-order valence-electron chi connectivity index (χ2n) is 7.56. The Kier molecular flexibility index (Phi) is 5.40. The van der Waals surface area contributed by atoms with Crippen molar-refractivity contribution in [3.8, 4) is 0 Å². The minimum atomic E-state index is -0.343. The minimum absolute atomic E-state index is 0.233. The number of thiophene rings is 1. The summed E-state index contributed by atoms with van der Waals surface area (Å²) in [5, 5.41) is 3.75. The van der Waals surface area contributed by atoms with Crippen molar-refractivity contribution in [3.63, 3.8) is 0 Å². The van der Waals surface area contributed by atoms with Crippen LogP contribution in [0.3, 0.4) is 0 Å². The Hall–Kier alpha value is -3.59. The van der Waals surface area contributed by atoms with Gasteiger partial charge in [-0.3, -0.25) is 4.79 Å². The molecule has 4 heterocycles. The number of anilines is 3. The highest BCUT2D eigenvalue weighted by Crippen LogP contribution is 2.35. The average Bonchev–Trinajstić information content (AvgIpc) is 3.18. The Morgan fingerprint density at radius 1 is 1.00 bits per heavy atom. The number of fused-ring (bicyclic) bond motifs is 1. The van der Waals surface area contributed by atoms with Crippen molar-refractivity contribution in [2.24, 2.45) is 0 Å². The van der Waals surface area contributed by atoms with Gasteiger partial charge in [0.25, 0.3) is 5.91 Å². The first-order valence-corrected chi connectivity index (χ1v) is 11.1. The lowest BCUT2D eigenvalue weighted by Crippen LogP contribution is -2.47. The molecular weight excluding hydrogens is 427 g/mol. The number of hydrogen-bond acceptors (Lipinski definition) is 7. The van der Waals surface area contributed by atoms with E-state index in [1.165, 1.54) is 23.5 Å². The van der Waals surface area contributed by atoms with Crippen molar-refractivity contribution < 1.29 is 9.18 Å². The smallest absolute Gasteiger partial charge is 0.266 e. The largest absolute Gasteiger partial charge is 0.353 e. The molecule has 0 atom stereocenters. The lowest BCUT2D eigenvalue weighted by molar-refractivity contribution is 0.103. The Labute approximate surface area is 188 Å². The quantitative estimate of drug-likeness (QED) is 0.506. The van der Waals surface area contributed by atoms with Crippen LogP contribution in [0.2, 0.25) is 0 Å². The van der Waals surface area contributed by atoms with Crippen molar-refractivity contribution in [1.29, 1.82) is 0 Å². The molecule has 1 aromatic carbocycles. The first-order valence-electron chi connectivity index (χ1n) is 10.3. The number of hydrogen-bond donors (Lipinski definition) is 1. The average molecular weight is 449 g/mol. The third kappa shape index (κ3) is 3.87. The molecule has 1 saturated heterocycles. The van der Waals surface area contributed by atoms with Gasteiger partial charge in [-0.2, -0.15) is 0 Å². The molecule has 4 aromatic rings. The zero-order valence-electron chi connectivity index (χ0n) is 17.5. The number of halogens is 1. The van der Waals surface area contributed by atoms with Gasteiger partial charge < -0.3 is 15.1 Å². The van der Waals surface area contributed by atoms with Crippen LogP contribution >= 0.6 is 11.3 Å². The summed E-state index contributed by atoms with van der Waals surface area (Å²) >= 11 is 1.35. The lowest BCUT2D eigenvalue weighted by atomic mass is 10.1. The van der Waals surface area contributed by atoms with E-state index in [9.17, 15) is 9.18 Å². The van der Waals surface area contributed by atoms with Crippen molar-refractivity contribution in [2.45, 2.75) is 6.92 Å². The predicted molar refractivity (Wildman–Crippen MR) is 125 cm³/mol. The standard InChI is InChI=1S/C23H21FN6OS/c1-15-19-21(30-12-10-29(11-13-30)18-4-2-3-9-25-18)26-14-27-23(19)32-20(15)22(31)28-17-7-5-16(24)6-8-17/h2-9,14H,10-13H2,1H3,(H,28,31). The molecule has 0 spiro atoms. The van der Waals surface area contributed by atoms with Crippen LogP contribution in [-0.4, -0.2) is 47.0 Å². The molecule has 5 rings (SSSR count). The van der Waals surface area contributed by atoms with Gasteiger partial charge in [-0.1, -0.05) is 6.07 Å². The van der Waals surface area contributed by atoms with E-state index in [0.717, 1.165) is 53.6 Å². The lowest BCUT2D eigenvalue weighted by Gasteiger charge is -2.36. The van der Waals surface area contributed by atoms with Gasteiger partial charge in [-0.15, -0.1) is 11.3 Å². The van der Waals surface area contributed by atoms with Gasteiger partial charge in [-0.25, -0.2) is 19.3 Å². The molecule has 3 aromatic heterocycles. The summed E-state index contributed by atoms with van der Waals surface area (Å²) in [7, 11) is 0. The van der Waals surface area contributed by atoms with Crippen molar-refractivity contribution >= 4 is 44.8 Å². The van der Waals surface area contributed by atoms with E-state index in [2.05, 4.69) is 30.1 Å². The molecule has 1 aliphatic rings. The van der Waals surface area contributed by atoms with E-state index in [-0.39, 0.29) is 11.7 Å². The van der Waals surface area contributed by atoms with E-state index >= 15 is 0 Å². The molecule has 1 N–H and O–H groups in total. The molecule has 9 heteroatoms. The van der Waals surface area contributed by atoms with Crippen LogP contribution in [0, 0.1) is 12.7 Å². The summed E-state index contributed by atoms with van der Waals surface area (Å²) in [5.41, 5.74) is 1.40. The Balaban J connectivity index is 1.39.